The fraction of sp³-hybridized carbons (Fsp3) is 0.296. The van der Waals surface area contributed by atoms with Gasteiger partial charge in [-0.1, -0.05) is 30.9 Å². The molecule has 0 aliphatic heterocycles. The maximum absolute atomic E-state index is 12.5. The van der Waals surface area contributed by atoms with Crippen molar-refractivity contribution in [1.29, 1.82) is 0 Å². The van der Waals surface area contributed by atoms with Gasteiger partial charge in [0.15, 0.2) is 5.75 Å². The van der Waals surface area contributed by atoms with Crippen LogP contribution < -0.4 is 4.74 Å². The molecule has 0 spiro atoms. The number of nitro benzene ring substituents is 1. The summed E-state index contributed by atoms with van der Waals surface area (Å²) in [5.41, 5.74) is 2.95. The van der Waals surface area contributed by atoms with Crippen LogP contribution in [0.15, 0.2) is 48.5 Å². The van der Waals surface area contributed by atoms with E-state index in [1.54, 1.807) is 25.3 Å². The van der Waals surface area contributed by atoms with Crippen LogP contribution in [0.4, 0.5) is 5.69 Å². The van der Waals surface area contributed by atoms with Gasteiger partial charge in [0, 0.05) is 45.6 Å². The number of nitro groups is 1. The summed E-state index contributed by atoms with van der Waals surface area (Å²) in [6, 6.07) is 13.2. The second kappa shape index (κ2) is 9.23. The van der Waals surface area contributed by atoms with Crippen LogP contribution in [0, 0.1) is 16.0 Å². The molecule has 4 aromatic rings. The number of nitrogens with zero attached hydrogens (tertiary/aromatic N) is 2. The zero-order chi connectivity index (χ0) is 24.7. The molecule has 35 heavy (non-hydrogen) atoms. The topological polar surface area (TPSA) is 94.6 Å². The normalized spacial score (nSPS) is 14.5. The van der Waals surface area contributed by atoms with Gasteiger partial charge < -0.3 is 14.4 Å². The molecule has 1 aliphatic carbocycles. The third-order valence-electron chi connectivity index (χ3n) is 7.03. The van der Waals surface area contributed by atoms with Gasteiger partial charge in [-0.2, -0.15) is 0 Å². The Labute approximate surface area is 207 Å². The van der Waals surface area contributed by atoms with Gasteiger partial charge in [-0.3, -0.25) is 10.1 Å². The molecule has 3 aromatic carbocycles. The highest BCUT2D eigenvalue weighted by molar-refractivity contribution is 6.32. The first-order valence-corrected chi connectivity index (χ1v) is 12.1. The minimum Gasteiger partial charge on any atom is -0.494 e. The number of halogens is 1. The zero-order valence-electron chi connectivity index (χ0n) is 19.3. The first-order valence-electron chi connectivity index (χ1n) is 11.7. The third kappa shape index (κ3) is 4.10. The van der Waals surface area contributed by atoms with E-state index in [1.807, 2.05) is 18.2 Å². The molecule has 5 rings (SSSR count). The molecule has 0 unspecified atom stereocenters. The minimum atomic E-state index is -1.06. The Morgan fingerprint density at radius 3 is 2.49 bits per heavy atom. The average Bonchev–Trinajstić information content (AvgIpc) is 3.16. The van der Waals surface area contributed by atoms with Crippen molar-refractivity contribution in [1.82, 2.24) is 4.57 Å². The van der Waals surface area contributed by atoms with E-state index >= 15 is 0 Å². The Morgan fingerprint density at radius 1 is 1.14 bits per heavy atom. The maximum atomic E-state index is 12.5. The average molecular weight is 493 g/mol. The van der Waals surface area contributed by atoms with Gasteiger partial charge in [0.05, 0.1) is 23.1 Å². The summed E-state index contributed by atoms with van der Waals surface area (Å²) in [7, 11) is 1.57. The van der Waals surface area contributed by atoms with E-state index in [2.05, 4.69) is 4.57 Å². The molecular formula is C27H25ClN2O5. The number of methoxy groups -OCH3 is 1. The van der Waals surface area contributed by atoms with Crippen LogP contribution in [0.25, 0.3) is 32.9 Å². The van der Waals surface area contributed by atoms with E-state index < -0.39 is 10.9 Å². The van der Waals surface area contributed by atoms with Crippen molar-refractivity contribution < 1.29 is 19.6 Å². The van der Waals surface area contributed by atoms with Crippen molar-refractivity contribution in [2.45, 2.75) is 38.6 Å². The van der Waals surface area contributed by atoms with Crippen LogP contribution in [0.5, 0.6) is 5.75 Å². The molecule has 8 heteroatoms. The lowest BCUT2D eigenvalue weighted by Crippen LogP contribution is -2.14. The third-order valence-corrected chi connectivity index (χ3v) is 7.27. The fourth-order valence-electron chi connectivity index (χ4n) is 5.42. The lowest BCUT2D eigenvalue weighted by Gasteiger charge is -2.24. The Balaban J connectivity index is 1.84. The van der Waals surface area contributed by atoms with E-state index in [4.69, 9.17) is 16.3 Å². The number of ether oxygens (including phenoxy) is 1. The summed E-state index contributed by atoms with van der Waals surface area (Å²) in [5, 5.41) is 23.3. The number of hydrogen-bond acceptors (Lipinski definition) is 4. The predicted octanol–water partition coefficient (Wildman–Crippen LogP) is 7.31. The summed E-state index contributed by atoms with van der Waals surface area (Å²) in [6.07, 6.45) is 5.89. The summed E-state index contributed by atoms with van der Waals surface area (Å²) in [6.45, 7) is 0.751. The SMILES string of the molecule is COc1c(-c2ccc([N+](=O)[O-])cc2)cc(C(=O)O)c2c3cc(Cl)ccc3n(CC3CCCCC3)c12. The van der Waals surface area contributed by atoms with Crippen LogP contribution >= 0.6 is 11.6 Å². The second-order valence-corrected chi connectivity index (χ2v) is 9.55. The molecule has 1 N–H and O–H groups in total. The van der Waals surface area contributed by atoms with Crippen LogP contribution in [-0.2, 0) is 6.54 Å². The number of hydrogen-bond donors (Lipinski definition) is 1. The summed E-state index contributed by atoms with van der Waals surface area (Å²) in [5.74, 6) is -0.0289. The molecule has 0 amide bonds. The summed E-state index contributed by atoms with van der Waals surface area (Å²) < 4.78 is 8.11. The van der Waals surface area contributed by atoms with Gasteiger partial charge in [0.25, 0.3) is 5.69 Å². The maximum Gasteiger partial charge on any atom is 0.336 e. The van der Waals surface area contributed by atoms with Gasteiger partial charge >= 0.3 is 5.97 Å². The summed E-state index contributed by atoms with van der Waals surface area (Å²) >= 11 is 6.35. The standard InChI is InChI=1S/C27H25ClN2O5/c1-35-26-20(17-7-10-19(11-8-17)30(33)34)14-22(27(31)32)24-21-13-18(28)9-12-23(21)29(25(24)26)15-16-5-3-2-4-6-16/h7-14,16H,2-6,15H2,1H3,(H,31,32). The predicted molar refractivity (Wildman–Crippen MR) is 137 cm³/mol. The van der Waals surface area contributed by atoms with Gasteiger partial charge in [-0.15, -0.1) is 0 Å². The van der Waals surface area contributed by atoms with Crippen LogP contribution in [0.3, 0.4) is 0 Å². The highest BCUT2D eigenvalue weighted by Gasteiger charge is 2.26. The van der Waals surface area contributed by atoms with Gasteiger partial charge in [0.1, 0.15) is 0 Å². The Hall–Kier alpha value is -3.58. The number of carboxylic acids is 1. The fourth-order valence-corrected chi connectivity index (χ4v) is 5.59. The molecule has 0 saturated heterocycles. The number of rotatable bonds is 6. The number of benzene rings is 3. The van der Waals surface area contributed by atoms with Crippen LogP contribution in [-0.4, -0.2) is 27.7 Å². The Morgan fingerprint density at radius 2 is 1.86 bits per heavy atom. The van der Waals surface area contributed by atoms with Crippen LogP contribution in [0.1, 0.15) is 42.5 Å². The number of carboxylic acid groups (broad SMARTS) is 1. The second-order valence-electron chi connectivity index (χ2n) is 9.11. The van der Waals surface area contributed by atoms with E-state index in [-0.39, 0.29) is 11.3 Å². The number of non-ortho nitro benzene ring substituents is 1. The monoisotopic (exact) mass is 492 g/mol. The van der Waals surface area contributed by atoms with E-state index in [1.165, 1.54) is 31.4 Å². The van der Waals surface area contributed by atoms with Crippen molar-refractivity contribution in [3.8, 4) is 16.9 Å². The molecule has 1 saturated carbocycles. The van der Waals surface area contributed by atoms with E-state index in [9.17, 15) is 20.0 Å². The molecule has 0 bridgehead atoms. The highest BCUT2D eigenvalue weighted by atomic mass is 35.5. The van der Waals surface area contributed by atoms with E-state index in [0.29, 0.717) is 38.7 Å². The van der Waals surface area contributed by atoms with Crippen molar-refractivity contribution in [2.75, 3.05) is 7.11 Å². The van der Waals surface area contributed by atoms with Crippen LogP contribution in [0.2, 0.25) is 5.02 Å². The molecule has 1 heterocycles. The van der Waals surface area contributed by atoms with Crippen molar-refractivity contribution in [2.24, 2.45) is 5.92 Å². The molecule has 1 fully saturated rings. The minimum absolute atomic E-state index is 0.0340. The highest BCUT2D eigenvalue weighted by Crippen LogP contribution is 2.45. The van der Waals surface area contributed by atoms with Crippen molar-refractivity contribution >= 4 is 45.1 Å². The zero-order valence-corrected chi connectivity index (χ0v) is 20.0. The van der Waals surface area contributed by atoms with Gasteiger partial charge in [-0.05, 0) is 60.7 Å². The van der Waals surface area contributed by atoms with Gasteiger partial charge in [-0.25, -0.2) is 4.79 Å². The quantitative estimate of drug-likeness (QED) is 0.225. The molecule has 1 aliphatic rings. The van der Waals surface area contributed by atoms with E-state index in [0.717, 1.165) is 30.3 Å². The van der Waals surface area contributed by atoms with Crippen molar-refractivity contribution in [3.05, 3.63) is 69.2 Å². The molecule has 180 valence electrons. The lowest BCUT2D eigenvalue weighted by molar-refractivity contribution is -0.384. The number of fused-ring (bicyclic) bond motifs is 3. The van der Waals surface area contributed by atoms with Crippen molar-refractivity contribution in [3.63, 3.8) is 0 Å². The molecule has 0 radical (unpaired) electrons. The first-order chi connectivity index (χ1) is 16.9. The van der Waals surface area contributed by atoms with Gasteiger partial charge in [0.2, 0.25) is 0 Å². The molecule has 7 nitrogen and oxygen atoms in total. The number of carbonyl (C=O) groups is 1. The smallest absolute Gasteiger partial charge is 0.336 e. The molecule has 1 aromatic heterocycles. The summed E-state index contributed by atoms with van der Waals surface area (Å²) in [4.78, 5) is 23.2. The first kappa shape index (κ1) is 23.2. The number of aromatic nitrogens is 1. The molecular weight excluding hydrogens is 468 g/mol. The largest absolute Gasteiger partial charge is 0.494 e. The Kier molecular flexibility index (Phi) is 6.11. The lowest BCUT2D eigenvalue weighted by atomic mass is 9.89. The number of aromatic carboxylic acids is 1. The Bertz CT molecular complexity index is 1450. The molecule has 0 atom stereocenters.